The molecular formula is C16H17O6P. The molecule has 6 nitrogen and oxygen atoms in total. The summed E-state index contributed by atoms with van der Waals surface area (Å²) in [6.07, 6.45) is 0. The Morgan fingerprint density at radius 1 is 0.957 bits per heavy atom. The summed E-state index contributed by atoms with van der Waals surface area (Å²) in [5, 5.41) is -0.0690. The first-order valence-corrected chi connectivity index (χ1v) is 8.27. The Morgan fingerprint density at radius 3 is 2.04 bits per heavy atom. The Kier molecular flexibility index (Phi) is 5.21. The first-order chi connectivity index (χ1) is 11.0. The van der Waals surface area contributed by atoms with Crippen LogP contribution in [-0.2, 0) is 9.09 Å². The molecule has 0 aliphatic heterocycles. The molecule has 2 rings (SSSR count). The number of benzene rings is 2. The van der Waals surface area contributed by atoms with Gasteiger partial charge >= 0.3 is 7.60 Å². The van der Waals surface area contributed by atoms with Crippen molar-refractivity contribution in [3.8, 4) is 11.5 Å². The van der Waals surface area contributed by atoms with Gasteiger partial charge in [-0.2, -0.15) is 0 Å². The highest BCUT2D eigenvalue weighted by Gasteiger charge is 2.30. The molecule has 1 unspecified atom stereocenters. The van der Waals surface area contributed by atoms with Crippen LogP contribution in [0.5, 0.6) is 11.5 Å². The standard InChI is InChI=1S/C16H17O6P/c1-20-12-8-6-9-13(21-2)15(12)16(17)11-7-4-5-10-14(11)23(18,19)22-3/h4-10H,1-3H3,(H,18,19). The van der Waals surface area contributed by atoms with Crippen LogP contribution >= 0.6 is 7.60 Å². The lowest BCUT2D eigenvalue weighted by atomic mass is 10.0. The average molecular weight is 336 g/mol. The Morgan fingerprint density at radius 2 is 1.52 bits per heavy atom. The molecular weight excluding hydrogens is 319 g/mol. The van der Waals surface area contributed by atoms with Crippen molar-refractivity contribution in [2.45, 2.75) is 0 Å². The van der Waals surface area contributed by atoms with Gasteiger partial charge in [0.2, 0.25) is 5.78 Å². The highest BCUT2D eigenvalue weighted by molar-refractivity contribution is 7.61. The maximum absolute atomic E-state index is 12.9. The molecule has 0 aliphatic rings. The minimum absolute atomic E-state index is 0.0583. The van der Waals surface area contributed by atoms with Gasteiger partial charge in [-0.25, -0.2) is 0 Å². The summed E-state index contributed by atoms with van der Waals surface area (Å²) in [6, 6.07) is 10.9. The summed E-state index contributed by atoms with van der Waals surface area (Å²) in [5.41, 5.74) is 0.240. The minimum atomic E-state index is -4.09. The molecule has 1 atom stereocenters. The van der Waals surface area contributed by atoms with Gasteiger partial charge in [0.1, 0.15) is 17.1 Å². The molecule has 2 aromatic rings. The number of hydrogen-bond donors (Lipinski definition) is 1. The predicted octanol–water partition coefficient (Wildman–Crippen LogP) is 2.39. The fraction of sp³-hybridized carbons (Fsp3) is 0.188. The van der Waals surface area contributed by atoms with Gasteiger partial charge in [0, 0.05) is 12.7 Å². The molecule has 0 spiro atoms. The number of rotatable bonds is 6. The third kappa shape index (κ3) is 3.29. The number of methoxy groups -OCH3 is 2. The van der Waals surface area contributed by atoms with Crippen molar-refractivity contribution in [2.24, 2.45) is 0 Å². The SMILES string of the molecule is COc1cccc(OC)c1C(=O)c1ccccc1P(=O)(O)OC. The van der Waals surface area contributed by atoms with E-state index in [-0.39, 0.29) is 16.4 Å². The zero-order chi connectivity index (χ0) is 17.0. The number of ether oxygens (including phenoxy) is 2. The lowest BCUT2D eigenvalue weighted by Gasteiger charge is -2.16. The highest BCUT2D eigenvalue weighted by atomic mass is 31.2. The van der Waals surface area contributed by atoms with E-state index in [1.165, 1.54) is 26.4 Å². The monoisotopic (exact) mass is 336 g/mol. The molecule has 0 saturated carbocycles. The Bertz CT molecular complexity index is 749. The predicted molar refractivity (Wildman–Crippen MR) is 85.9 cm³/mol. The molecule has 0 heterocycles. The van der Waals surface area contributed by atoms with Crippen LogP contribution in [0.3, 0.4) is 0 Å². The van der Waals surface area contributed by atoms with Gasteiger partial charge in [0.25, 0.3) is 0 Å². The van der Waals surface area contributed by atoms with E-state index >= 15 is 0 Å². The fourth-order valence-electron chi connectivity index (χ4n) is 2.22. The lowest BCUT2D eigenvalue weighted by molar-refractivity contribution is 0.103. The van der Waals surface area contributed by atoms with E-state index in [0.29, 0.717) is 11.5 Å². The number of ketones is 1. The van der Waals surface area contributed by atoms with E-state index in [1.807, 2.05) is 0 Å². The highest BCUT2D eigenvalue weighted by Crippen LogP contribution is 2.41. The Hall–Kier alpha value is -2.14. The van der Waals surface area contributed by atoms with Crippen LogP contribution in [0.2, 0.25) is 0 Å². The van der Waals surface area contributed by atoms with Crippen molar-refractivity contribution >= 4 is 18.7 Å². The molecule has 2 aromatic carbocycles. The van der Waals surface area contributed by atoms with Crippen molar-refractivity contribution in [1.29, 1.82) is 0 Å². The molecule has 0 fully saturated rings. The topological polar surface area (TPSA) is 82.1 Å². The van der Waals surface area contributed by atoms with Crippen molar-refractivity contribution in [3.05, 3.63) is 53.6 Å². The maximum Gasteiger partial charge on any atom is 0.359 e. The van der Waals surface area contributed by atoms with Crippen LogP contribution in [0.25, 0.3) is 0 Å². The second-order valence-electron chi connectivity index (χ2n) is 4.59. The Balaban J connectivity index is 2.66. The largest absolute Gasteiger partial charge is 0.496 e. The fourth-order valence-corrected chi connectivity index (χ4v) is 3.17. The average Bonchev–Trinajstić information content (AvgIpc) is 2.60. The van der Waals surface area contributed by atoms with Crippen LogP contribution in [0.1, 0.15) is 15.9 Å². The summed E-state index contributed by atoms with van der Waals surface area (Å²) < 4.78 is 27.3. The molecule has 7 heteroatoms. The summed E-state index contributed by atoms with van der Waals surface area (Å²) in [4.78, 5) is 22.9. The van der Waals surface area contributed by atoms with Crippen molar-refractivity contribution in [2.75, 3.05) is 21.3 Å². The van der Waals surface area contributed by atoms with Gasteiger partial charge in [0.15, 0.2) is 0 Å². The summed E-state index contributed by atoms with van der Waals surface area (Å²) in [6.45, 7) is 0. The third-order valence-electron chi connectivity index (χ3n) is 3.36. The van der Waals surface area contributed by atoms with Crippen molar-refractivity contribution in [1.82, 2.24) is 0 Å². The molecule has 0 saturated heterocycles. The van der Waals surface area contributed by atoms with E-state index in [1.54, 1.807) is 30.3 Å². The van der Waals surface area contributed by atoms with E-state index in [9.17, 15) is 14.3 Å². The second kappa shape index (κ2) is 6.96. The zero-order valence-electron chi connectivity index (χ0n) is 13.0. The van der Waals surface area contributed by atoms with Gasteiger partial charge in [-0.3, -0.25) is 9.36 Å². The van der Waals surface area contributed by atoms with Crippen LogP contribution in [0.15, 0.2) is 42.5 Å². The molecule has 23 heavy (non-hydrogen) atoms. The molecule has 122 valence electrons. The minimum Gasteiger partial charge on any atom is -0.496 e. The first kappa shape index (κ1) is 17.2. The molecule has 0 bridgehead atoms. The van der Waals surface area contributed by atoms with Gasteiger partial charge in [-0.15, -0.1) is 0 Å². The van der Waals surface area contributed by atoms with Gasteiger partial charge in [0.05, 0.1) is 19.5 Å². The van der Waals surface area contributed by atoms with Crippen molar-refractivity contribution < 1.29 is 28.3 Å². The normalized spacial score (nSPS) is 13.2. The first-order valence-electron chi connectivity index (χ1n) is 6.70. The van der Waals surface area contributed by atoms with E-state index < -0.39 is 13.4 Å². The number of carbonyl (C=O) groups excluding carboxylic acids is 1. The molecule has 0 aromatic heterocycles. The van der Waals surface area contributed by atoms with E-state index in [0.717, 1.165) is 7.11 Å². The van der Waals surface area contributed by atoms with Crippen LogP contribution in [0, 0.1) is 0 Å². The smallest absolute Gasteiger partial charge is 0.359 e. The summed E-state index contributed by atoms with van der Waals surface area (Å²) >= 11 is 0. The molecule has 0 radical (unpaired) electrons. The molecule has 0 amide bonds. The second-order valence-corrected chi connectivity index (χ2v) is 6.47. The van der Waals surface area contributed by atoms with Gasteiger partial charge in [-0.1, -0.05) is 24.3 Å². The quantitative estimate of drug-likeness (QED) is 0.644. The number of carbonyl (C=O) groups is 1. The maximum atomic E-state index is 12.9. The van der Waals surface area contributed by atoms with Crippen LogP contribution in [0.4, 0.5) is 0 Å². The summed E-state index contributed by atoms with van der Waals surface area (Å²) in [7, 11) is -0.102. The zero-order valence-corrected chi connectivity index (χ0v) is 13.9. The molecule has 0 aliphatic carbocycles. The molecule has 1 N–H and O–H groups in total. The van der Waals surface area contributed by atoms with E-state index in [2.05, 4.69) is 4.52 Å². The van der Waals surface area contributed by atoms with E-state index in [4.69, 9.17) is 9.47 Å². The van der Waals surface area contributed by atoms with Crippen LogP contribution in [-0.4, -0.2) is 32.0 Å². The van der Waals surface area contributed by atoms with Gasteiger partial charge in [-0.05, 0) is 18.2 Å². The number of hydrogen-bond acceptors (Lipinski definition) is 5. The Labute approximate surface area is 134 Å². The summed E-state index contributed by atoms with van der Waals surface area (Å²) in [5.74, 6) is 0.143. The van der Waals surface area contributed by atoms with Crippen molar-refractivity contribution in [3.63, 3.8) is 0 Å². The van der Waals surface area contributed by atoms with Gasteiger partial charge < -0.3 is 18.9 Å². The third-order valence-corrected chi connectivity index (χ3v) is 4.85. The lowest BCUT2D eigenvalue weighted by Crippen LogP contribution is -2.18. The van der Waals surface area contributed by atoms with Crippen LogP contribution < -0.4 is 14.8 Å².